The van der Waals surface area contributed by atoms with E-state index in [2.05, 4.69) is 16.0 Å². The molecule has 5 saturated carbocycles. The molecule has 0 aromatic rings. The van der Waals surface area contributed by atoms with Crippen LogP contribution in [0.3, 0.4) is 0 Å². The molecule has 2 bridgehead atoms. The number of rotatable bonds is 11. The molecule has 25 nitrogen and oxygen atoms in total. The Morgan fingerprint density at radius 3 is 1.85 bits per heavy atom. The van der Waals surface area contributed by atoms with E-state index in [4.69, 9.17) is 27.9 Å². The average molecular weight is 1580 g/mol. The van der Waals surface area contributed by atoms with Crippen molar-refractivity contribution in [3.8, 4) is 0 Å². The summed E-state index contributed by atoms with van der Waals surface area (Å²) < 4.78 is 62.8. The summed E-state index contributed by atoms with van der Waals surface area (Å²) >= 11 is 13.2. The maximum absolute atomic E-state index is 15.9. The van der Waals surface area contributed by atoms with Gasteiger partial charge in [-0.3, -0.25) is 57.5 Å². The van der Waals surface area contributed by atoms with E-state index in [1.165, 1.54) is 81.5 Å². The fourth-order valence-corrected chi connectivity index (χ4v) is 19.9. The van der Waals surface area contributed by atoms with Gasteiger partial charge < -0.3 is 64.8 Å². The van der Waals surface area contributed by atoms with Crippen LogP contribution in [0, 0.1) is 35.5 Å². The Morgan fingerprint density at radius 1 is 0.569 bits per heavy atom. The van der Waals surface area contributed by atoms with Crippen LogP contribution < -0.4 is 16.0 Å². The number of hydrogen-bond donors (Lipinski definition) is 3. The molecule has 5 aliphatic carbocycles. The molecule has 9 aliphatic rings. The van der Waals surface area contributed by atoms with Crippen molar-refractivity contribution in [2.24, 2.45) is 35.5 Å². The summed E-state index contributed by atoms with van der Waals surface area (Å²) in [5.74, 6) is -11.2. The zero-order valence-electron chi connectivity index (χ0n) is 65.5. The molecule has 1 spiro atoms. The van der Waals surface area contributed by atoms with Crippen LogP contribution in [-0.4, -0.2) is 287 Å². The Labute approximate surface area is 651 Å². The van der Waals surface area contributed by atoms with Gasteiger partial charge in [0, 0.05) is 79.2 Å². The molecule has 9 rings (SSSR count). The lowest BCUT2D eigenvalue weighted by Gasteiger charge is -2.42. The largest absolute Gasteiger partial charge is 0.393 e. The second kappa shape index (κ2) is 39.1. The predicted octanol–water partition coefficient (Wildman–Crippen LogP) is 7.34. The van der Waals surface area contributed by atoms with E-state index in [0.717, 1.165) is 30.6 Å². The fourth-order valence-electron chi connectivity index (χ4n) is 19.0. The van der Waals surface area contributed by atoms with Crippen LogP contribution in [0.4, 0.5) is 17.6 Å². The monoisotopic (exact) mass is 1580 g/mol. The van der Waals surface area contributed by atoms with E-state index in [1.807, 2.05) is 6.92 Å². The van der Waals surface area contributed by atoms with Crippen molar-refractivity contribution in [3.05, 3.63) is 0 Å². The van der Waals surface area contributed by atoms with Crippen LogP contribution in [0.5, 0.6) is 0 Å². The lowest BCUT2D eigenvalue weighted by Crippen LogP contribution is -2.65. The van der Waals surface area contributed by atoms with Crippen molar-refractivity contribution in [1.29, 1.82) is 0 Å². The average Bonchev–Trinajstić information content (AvgIpc) is 1.73. The number of amides is 12. The Morgan fingerprint density at radius 2 is 1.20 bits per heavy atom. The maximum Gasteiger partial charge on any atom is 0.393 e. The number of fused-ring (bicyclic) bond motifs is 3. The summed E-state index contributed by atoms with van der Waals surface area (Å²) in [6, 6.07) is -10.1. The molecule has 0 aromatic carbocycles. The van der Waals surface area contributed by atoms with E-state index in [-0.39, 0.29) is 146 Å². The minimum absolute atomic E-state index is 0.0209. The molecule has 4 saturated heterocycles. The number of alkyl halides is 6. The van der Waals surface area contributed by atoms with Gasteiger partial charge in [-0.15, -0.1) is 23.2 Å². The summed E-state index contributed by atoms with van der Waals surface area (Å²) in [5, 5.41) is 7.49. The van der Waals surface area contributed by atoms with Crippen LogP contribution in [0.25, 0.3) is 0 Å². The Hall–Kier alpha value is -6.10. The second-order valence-electron chi connectivity index (χ2n) is 33.4. The van der Waals surface area contributed by atoms with Gasteiger partial charge in [0.1, 0.15) is 60.0 Å². The molecule has 4 aliphatic heterocycles. The highest BCUT2D eigenvalue weighted by molar-refractivity contribution is 6.21. The van der Waals surface area contributed by atoms with E-state index in [0.29, 0.717) is 83.5 Å². The predicted molar refractivity (Wildman–Crippen MR) is 400 cm³/mol. The molecule has 3 N–H and O–H groups in total. The van der Waals surface area contributed by atoms with Crippen LogP contribution in [0.15, 0.2) is 0 Å². The smallest absolute Gasteiger partial charge is 0.378 e. The van der Waals surface area contributed by atoms with Crippen molar-refractivity contribution in [1.82, 2.24) is 60.0 Å². The quantitative estimate of drug-likeness (QED) is 0.135. The van der Waals surface area contributed by atoms with Gasteiger partial charge in [-0.2, -0.15) is 13.2 Å². The first-order chi connectivity index (χ1) is 51.7. The number of likely N-dealkylation sites (N-methyl/N-ethyl adjacent to an activating group) is 6. The Kier molecular flexibility index (Phi) is 31.2. The summed E-state index contributed by atoms with van der Waals surface area (Å²) in [5.41, 5.74) is -1.59. The number of halogens is 6. The molecular weight excluding hydrogens is 1460 g/mol. The van der Waals surface area contributed by atoms with Crippen molar-refractivity contribution in [2.45, 2.75) is 290 Å². The third-order valence-electron chi connectivity index (χ3n) is 26.0. The fraction of sp³-hybridized carbons (Fsp3) is 0.846. The highest BCUT2D eigenvalue weighted by atomic mass is 35.5. The SMILES string of the molecule is CC[C@H](C)[C@@H]1NC(=O)[C@H](CC2CCCC(Cl)C2)N(C)C(=O)C[C@@H](C(=O)N2CCOCC2)N(C)C(=O)[C@H](C2CCCC2)N(C)C(=O)C2(CCCC2)NC(=O)[C@@H]2CCCN2C(=O)[C@H](CCC2CCC(C(F)(F)F)C(Cl)C2)NC(=O)CN(C)C(=O)[C@H](CC2CCC(F)CC2)N2CCCCC[C@@H](C2=O)N(C)C(=O)CN(C)C1=O. The Balaban J connectivity index is 1.10. The molecule has 5 unspecified atom stereocenters. The van der Waals surface area contributed by atoms with Crippen molar-refractivity contribution in [3.63, 3.8) is 0 Å². The number of carbonyl (C=O) groups is 12. The zero-order valence-corrected chi connectivity index (χ0v) is 67.0. The van der Waals surface area contributed by atoms with Crippen LogP contribution in [-0.2, 0) is 62.3 Å². The van der Waals surface area contributed by atoms with Crippen molar-refractivity contribution >= 4 is 94.1 Å². The van der Waals surface area contributed by atoms with Gasteiger partial charge in [-0.25, -0.2) is 4.39 Å². The topological polar surface area (TPSA) is 279 Å². The van der Waals surface area contributed by atoms with Gasteiger partial charge in [0.05, 0.1) is 38.6 Å². The van der Waals surface area contributed by atoms with E-state index in [1.54, 1.807) is 6.92 Å². The molecule has 12 amide bonds. The van der Waals surface area contributed by atoms with E-state index < -0.39 is 180 Å². The first-order valence-corrected chi connectivity index (χ1v) is 41.5. The van der Waals surface area contributed by atoms with E-state index >= 15 is 47.9 Å². The zero-order chi connectivity index (χ0) is 79.3. The molecule has 9 fully saturated rings. The first kappa shape index (κ1) is 86.9. The lowest BCUT2D eigenvalue weighted by molar-refractivity contribution is -0.182. The molecule has 0 radical (unpaired) electrons. The third kappa shape index (κ3) is 21.6. The van der Waals surface area contributed by atoms with Crippen LogP contribution >= 0.6 is 23.2 Å². The lowest BCUT2D eigenvalue weighted by atomic mass is 9.78. The van der Waals surface area contributed by atoms with Crippen molar-refractivity contribution in [2.75, 3.05) is 94.8 Å². The van der Waals surface area contributed by atoms with Gasteiger partial charge in [0.25, 0.3) is 0 Å². The molecule has 0 aromatic heterocycles. The van der Waals surface area contributed by atoms with Crippen LogP contribution in [0.2, 0.25) is 0 Å². The number of ether oxygens (including phenoxy) is 1. The normalized spacial score (nSPS) is 33.2. The van der Waals surface area contributed by atoms with Gasteiger partial charge in [0.15, 0.2) is 0 Å². The standard InChI is InChI=1S/C78H122Cl2F4N12O13/c1-9-48(2)66-74(106)89(4)47-65(99)90(5)59-23-11-10-16-35-96(73(59)105)62(43-50-25-29-54(81)30-26-50)71(103)88(3)46-63(97)85-57(32-28-49-27-31-55(56(80)42-49)78(82,83)84)70(102)95-36-18-24-58(95)69(101)87-77(33-14-15-34-77)76(108)93(8)67(52-20-12-13-21-52)75(107)92(7)61(72(104)94-37-39-109-40-38-94)45-64(98)91(6)60(68(100)86-66)44-51-19-17-22-53(79)41-51/h48-62,66-67H,9-47H2,1-8H3,(H,85,97)(H,86,100)(H,87,101)/t48-,49?,50?,51?,53?,54?,55?,56?,57-,58-,59-,60-,61-,62-,66-,67-/m0/s1. The summed E-state index contributed by atoms with van der Waals surface area (Å²) in [7, 11) is 8.67. The minimum atomic E-state index is -4.53. The summed E-state index contributed by atoms with van der Waals surface area (Å²) in [6.07, 6.45) is 4.49. The van der Waals surface area contributed by atoms with Gasteiger partial charge >= 0.3 is 6.18 Å². The third-order valence-corrected chi connectivity index (χ3v) is 26.9. The van der Waals surface area contributed by atoms with Gasteiger partial charge in [-0.1, -0.05) is 71.6 Å². The summed E-state index contributed by atoms with van der Waals surface area (Å²) in [6.45, 7) is 3.22. The molecule has 14 atom stereocenters. The highest BCUT2D eigenvalue weighted by Gasteiger charge is 2.53. The van der Waals surface area contributed by atoms with E-state index in [9.17, 15) is 27.2 Å². The summed E-state index contributed by atoms with van der Waals surface area (Å²) in [4.78, 5) is 196. The molecular formula is C78H122Cl2F4N12O13. The second-order valence-corrected chi connectivity index (χ2v) is 34.6. The van der Waals surface area contributed by atoms with Gasteiger partial charge in [-0.05, 0) is 164 Å². The Bertz CT molecular complexity index is 3210. The number of carbonyl (C=O) groups excluding carboxylic acids is 12. The van der Waals surface area contributed by atoms with Crippen LogP contribution in [0.1, 0.15) is 213 Å². The molecule has 614 valence electrons. The number of nitrogens with zero attached hydrogens (tertiary/aromatic N) is 9. The molecule has 109 heavy (non-hydrogen) atoms. The number of morpholine rings is 1. The number of nitrogens with one attached hydrogen (secondary N) is 3. The van der Waals surface area contributed by atoms with Gasteiger partial charge in [0.2, 0.25) is 70.9 Å². The van der Waals surface area contributed by atoms with Crippen molar-refractivity contribution < 1.29 is 79.8 Å². The number of hydrogen-bond acceptors (Lipinski definition) is 13. The molecule has 4 heterocycles. The first-order valence-electron chi connectivity index (χ1n) is 40.7. The minimum Gasteiger partial charge on any atom is -0.378 e. The maximum atomic E-state index is 15.9. The highest BCUT2D eigenvalue weighted by Crippen LogP contribution is 2.45. The molecule has 31 heteroatoms.